The average molecular weight is 575 g/mol. The highest BCUT2D eigenvalue weighted by Crippen LogP contribution is 2.37. The van der Waals surface area contributed by atoms with Crippen molar-refractivity contribution in [3.8, 4) is 0 Å². The molecule has 1 aliphatic heterocycles. The van der Waals surface area contributed by atoms with E-state index in [-0.39, 0.29) is 25.6 Å². The van der Waals surface area contributed by atoms with Crippen LogP contribution in [0.1, 0.15) is 18.1 Å². The second-order valence-electron chi connectivity index (χ2n) is 7.97. The van der Waals surface area contributed by atoms with Gasteiger partial charge >= 0.3 is 5.97 Å². The van der Waals surface area contributed by atoms with Gasteiger partial charge in [0.1, 0.15) is 6.54 Å². The first-order valence-electron chi connectivity index (χ1n) is 10.9. The van der Waals surface area contributed by atoms with Crippen LogP contribution in [0.4, 0.5) is 5.69 Å². The average Bonchev–Trinajstić information content (AvgIpc) is 3.21. The van der Waals surface area contributed by atoms with Gasteiger partial charge < -0.3 is 10.1 Å². The smallest absolute Gasteiger partial charge is 0.324 e. The van der Waals surface area contributed by atoms with E-state index in [2.05, 4.69) is 21.2 Å². The summed E-state index contributed by atoms with van der Waals surface area (Å²) in [6, 6.07) is 21.4. The number of amides is 1. The van der Waals surface area contributed by atoms with Crippen LogP contribution in [-0.4, -0.2) is 42.3 Å². The molecule has 1 unspecified atom stereocenters. The van der Waals surface area contributed by atoms with Crippen LogP contribution in [-0.2, 0) is 19.7 Å². The summed E-state index contributed by atoms with van der Waals surface area (Å²) in [7, 11) is 0. The molecule has 9 heteroatoms. The molecular formula is C26H22BrCl2N3O3. The first-order chi connectivity index (χ1) is 16.8. The quantitative estimate of drug-likeness (QED) is 0.356. The molecule has 0 saturated heterocycles. The van der Waals surface area contributed by atoms with Gasteiger partial charge in [-0.3, -0.25) is 14.6 Å². The van der Waals surface area contributed by atoms with Crippen molar-refractivity contribution in [3.05, 3.63) is 98.4 Å². The highest BCUT2D eigenvalue weighted by Gasteiger charge is 2.52. The fourth-order valence-electron chi connectivity index (χ4n) is 4.01. The summed E-state index contributed by atoms with van der Waals surface area (Å²) in [6.07, 6.45) is 0. The summed E-state index contributed by atoms with van der Waals surface area (Å²) in [5, 5.41) is 10.3. The van der Waals surface area contributed by atoms with Crippen molar-refractivity contribution in [2.24, 2.45) is 5.10 Å². The molecule has 35 heavy (non-hydrogen) atoms. The SMILES string of the molecule is CCOC(=O)C1(c2ccc(Cl)cc2)CN(CC(=O)Nc2ccc(Br)cc2)N=C1c1ccc(Cl)cc1. The first kappa shape index (κ1) is 25.2. The molecule has 0 bridgehead atoms. The lowest BCUT2D eigenvalue weighted by molar-refractivity contribution is -0.147. The van der Waals surface area contributed by atoms with E-state index in [0.29, 0.717) is 32.6 Å². The lowest BCUT2D eigenvalue weighted by Gasteiger charge is -2.29. The summed E-state index contributed by atoms with van der Waals surface area (Å²) < 4.78 is 6.45. The van der Waals surface area contributed by atoms with Gasteiger partial charge in [-0.2, -0.15) is 5.10 Å². The Morgan fingerprint density at radius 2 is 1.60 bits per heavy atom. The Bertz CT molecular complexity index is 1250. The molecule has 1 amide bonds. The van der Waals surface area contributed by atoms with Crippen molar-refractivity contribution >= 4 is 62.4 Å². The van der Waals surface area contributed by atoms with Crippen molar-refractivity contribution in [3.63, 3.8) is 0 Å². The third-order valence-electron chi connectivity index (χ3n) is 5.60. The highest BCUT2D eigenvalue weighted by molar-refractivity contribution is 9.10. The Kier molecular flexibility index (Phi) is 7.79. The van der Waals surface area contributed by atoms with Gasteiger partial charge in [-0.25, -0.2) is 0 Å². The van der Waals surface area contributed by atoms with Crippen LogP contribution in [0.2, 0.25) is 10.0 Å². The molecule has 3 aromatic carbocycles. The van der Waals surface area contributed by atoms with Crippen LogP contribution in [0.15, 0.2) is 82.4 Å². The minimum Gasteiger partial charge on any atom is -0.465 e. The van der Waals surface area contributed by atoms with E-state index in [9.17, 15) is 9.59 Å². The number of rotatable bonds is 7. The lowest BCUT2D eigenvalue weighted by atomic mass is 9.74. The van der Waals surface area contributed by atoms with Gasteiger partial charge in [-0.05, 0) is 66.6 Å². The fraction of sp³-hybridized carbons (Fsp3) is 0.192. The minimum absolute atomic E-state index is 0.0537. The summed E-state index contributed by atoms with van der Waals surface area (Å²) in [5.41, 5.74) is 1.25. The van der Waals surface area contributed by atoms with Crippen LogP contribution in [0.25, 0.3) is 0 Å². The third-order valence-corrected chi connectivity index (χ3v) is 6.63. The fourth-order valence-corrected chi connectivity index (χ4v) is 4.53. The molecule has 180 valence electrons. The molecule has 6 nitrogen and oxygen atoms in total. The van der Waals surface area contributed by atoms with E-state index in [0.717, 1.165) is 4.47 Å². The Hall–Kier alpha value is -2.87. The van der Waals surface area contributed by atoms with Crippen molar-refractivity contribution in [2.75, 3.05) is 25.0 Å². The lowest BCUT2D eigenvalue weighted by Crippen LogP contribution is -2.48. The normalized spacial score (nSPS) is 17.1. The zero-order chi connectivity index (χ0) is 25.0. The minimum atomic E-state index is -1.26. The topological polar surface area (TPSA) is 71.0 Å². The van der Waals surface area contributed by atoms with E-state index < -0.39 is 11.4 Å². The number of carbonyl (C=O) groups excluding carboxylic acids is 2. The Labute approximate surface area is 222 Å². The van der Waals surface area contributed by atoms with E-state index >= 15 is 0 Å². The largest absolute Gasteiger partial charge is 0.465 e. The summed E-state index contributed by atoms with van der Waals surface area (Å²) >= 11 is 15.6. The number of hydrogen-bond donors (Lipinski definition) is 1. The maximum atomic E-state index is 13.6. The zero-order valence-corrected chi connectivity index (χ0v) is 21.9. The first-order valence-corrected chi connectivity index (χ1v) is 12.5. The number of anilines is 1. The van der Waals surface area contributed by atoms with Gasteiger partial charge in [0.25, 0.3) is 0 Å². The number of ether oxygens (including phenoxy) is 1. The summed E-state index contributed by atoms with van der Waals surface area (Å²) in [6.45, 7) is 2.03. The van der Waals surface area contributed by atoms with Crippen LogP contribution in [0.3, 0.4) is 0 Å². The Morgan fingerprint density at radius 1 is 1.00 bits per heavy atom. The van der Waals surface area contributed by atoms with Crippen LogP contribution < -0.4 is 5.32 Å². The predicted molar refractivity (Wildman–Crippen MR) is 142 cm³/mol. The standard InChI is InChI=1S/C26H22BrCl2N3O3/c1-2-35-25(34)26(18-5-11-21(29)12-6-18)16-32(31-24(26)17-3-9-20(28)10-4-17)15-23(33)30-22-13-7-19(27)8-14-22/h3-14H,2,15-16H2,1H3,(H,30,33). The number of esters is 1. The van der Waals surface area contributed by atoms with Gasteiger partial charge in [0.15, 0.2) is 5.41 Å². The molecule has 0 saturated carbocycles. The number of nitrogens with one attached hydrogen (secondary N) is 1. The molecule has 0 fully saturated rings. The molecular weight excluding hydrogens is 553 g/mol. The Morgan fingerprint density at radius 3 is 2.20 bits per heavy atom. The van der Waals surface area contributed by atoms with Crippen molar-refractivity contribution in [2.45, 2.75) is 12.3 Å². The van der Waals surface area contributed by atoms with Crippen LogP contribution in [0, 0.1) is 0 Å². The summed E-state index contributed by atoms with van der Waals surface area (Å²) in [5.74, 6) is -0.714. The predicted octanol–water partition coefficient (Wildman–Crippen LogP) is 5.92. The Balaban J connectivity index is 1.72. The van der Waals surface area contributed by atoms with Gasteiger partial charge in [-0.1, -0.05) is 63.4 Å². The number of hydrogen-bond acceptors (Lipinski definition) is 5. The molecule has 0 aromatic heterocycles. The molecule has 1 aliphatic rings. The van der Waals surface area contributed by atoms with Crippen LogP contribution >= 0.6 is 39.1 Å². The number of hydrazone groups is 1. The van der Waals surface area contributed by atoms with E-state index in [1.165, 1.54) is 0 Å². The zero-order valence-electron chi connectivity index (χ0n) is 18.8. The van der Waals surface area contributed by atoms with Crippen LogP contribution in [0.5, 0.6) is 0 Å². The van der Waals surface area contributed by atoms with Gasteiger partial charge in [0.2, 0.25) is 5.91 Å². The van der Waals surface area contributed by atoms with E-state index in [4.69, 9.17) is 33.0 Å². The molecule has 4 rings (SSSR count). The van der Waals surface area contributed by atoms with Crippen molar-refractivity contribution in [1.82, 2.24) is 5.01 Å². The molecule has 3 aromatic rings. The molecule has 0 radical (unpaired) electrons. The van der Waals surface area contributed by atoms with Gasteiger partial charge in [0.05, 0.1) is 18.9 Å². The second kappa shape index (κ2) is 10.8. The number of halogens is 3. The number of carbonyl (C=O) groups is 2. The third kappa shape index (κ3) is 5.53. The molecule has 1 heterocycles. The molecule has 0 spiro atoms. The number of nitrogens with zero attached hydrogens (tertiary/aromatic N) is 2. The second-order valence-corrected chi connectivity index (χ2v) is 9.75. The van der Waals surface area contributed by atoms with Gasteiger partial charge in [0, 0.05) is 20.2 Å². The monoisotopic (exact) mass is 573 g/mol. The number of benzene rings is 3. The van der Waals surface area contributed by atoms with E-state index in [1.807, 2.05) is 12.1 Å². The highest BCUT2D eigenvalue weighted by atomic mass is 79.9. The molecule has 0 aliphatic carbocycles. The molecule has 1 N–H and O–H groups in total. The molecule has 1 atom stereocenters. The summed E-state index contributed by atoms with van der Waals surface area (Å²) in [4.78, 5) is 26.4. The maximum absolute atomic E-state index is 13.6. The maximum Gasteiger partial charge on any atom is 0.324 e. The van der Waals surface area contributed by atoms with Gasteiger partial charge in [-0.15, -0.1) is 0 Å². The van der Waals surface area contributed by atoms with Crippen molar-refractivity contribution < 1.29 is 14.3 Å². The van der Waals surface area contributed by atoms with Crippen molar-refractivity contribution in [1.29, 1.82) is 0 Å². The van der Waals surface area contributed by atoms with E-state index in [1.54, 1.807) is 72.6 Å².